The maximum atomic E-state index is 5.41. The van der Waals surface area contributed by atoms with Crippen molar-refractivity contribution in [3.8, 4) is 5.82 Å². The van der Waals surface area contributed by atoms with Crippen LogP contribution in [-0.4, -0.2) is 19.7 Å². The Balaban J connectivity index is 2.41. The number of nitrogens with zero attached hydrogens (tertiary/aromatic N) is 4. The van der Waals surface area contributed by atoms with E-state index in [-0.39, 0.29) is 0 Å². The van der Waals surface area contributed by atoms with Gasteiger partial charge in [-0.1, -0.05) is 0 Å². The summed E-state index contributed by atoms with van der Waals surface area (Å²) in [4.78, 5) is 7.99. The number of halogens is 1. The van der Waals surface area contributed by atoms with Crippen LogP contribution in [0.4, 0.5) is 5.82 Å². The van der Waals surface area contributed by atoms with Crippen molar-refractivity contribution in [3.05, 3.63) is 28.4 Å². The van der Waals surface area contributed by atoms with E-state index in [1.807, 2.05) is 6.20 Å². The topological polar surface area (TPSA) is 69.6 Å². The maximum Gasteiger partial charge on any atom is 0.171 e. The molecule has 0 radical (unpaired) electrons. The van der Waals surface area contributed by atoms with Gasteiger partial charge in [0.15, 0.2) is 5.82 Å². The maximum absolute atomic E-state index is 5.41. The van der Waals surface area contributed by atoms with Crippen LogP contribution in [0.5, 0.6) is 0 Å². The molecule has 5 nitrogen and oxygen atoms in total. The normalized spacial score (nSPS) is 10.2. The first kappa shape index (κ1) is 8.42. The highest BCUT2D eigenvalue weighted by atomic mass is 127. The second kappa shape index (κ2) is 3.29. The van der Waals surface area contributed by atoms with Crippen molar-refractivity contribution >= 4 is 28.4 Å². The smallest absolute Gasteiger partial charge is 0.171 e. The highest BCUT2D eigenvalue weighted by Gasteiger charge is 1.99. The summed E-state index contributed by atoms with van der Waals surface area (Å²) in [7, 11) is 0. The van der Waals surface area contributed by atoms with Gasteiger partial charge >= 0.3 is 0 Å². The van der Waals surface area contributed by atoms with E-state index in [1.54, 1.807) is 17.1 Å². The molecule has 0 saturated heterocycles. The Labute approximate surface area is 88.1 Å². The van der Waals surface area contributed by atoms with Gasteiger partial charge in [0.1, 0.15) is 5.82 Å². The Morgan fingerprint density at radius 3 is 2.62 bits per heavy atom. The number of anilines is 1. The number of nitrogens with two attached hydrogens (primary N) is 1. The van der Waals surface area contributed by atoms with Gasteiger partial charge in [-0.2, -0.15) is 5.10 Å². The van der Waals surface area contributed by atoms with Gasteiger partial charge in [-0.25, -0.2) is 14.6 Å². The molecule has 13 heavy (non-hydrogen) atoms. The average Bonchev–Trinajstić information content (AvgIpc) is 2.53. The van der Waals surface area contributed by atoms with Crippen LogP contribution in [0.3, 0.4) is 0 Å². The molecule has 6 heteroatoms. The largest absolute Gasteiger partial charge is 0.382 e. The zero-order valence-electron chi connectivity index (χ0n) is 6.55. The lowest BCUT2D eigenvalue weighted by atomic mass is 10.6. The predicted molar refractivity (Wildman–Crippen MR) is 56.3 cm³/mol. The van der Waals surface area contributed by atoms with Crippen molar-refractivity contribution in [2.24, 2.45) is 0 Å². The average molecular weight is 287 g/mol. The molecule has 0 saturated carbocycles. The van der Waals surface area contributed by atoms with Crippen molar-refractivity contribution in [2.75, 3.05) is 5.73 Å². The molecule has 0 aliphatic rings. The summed E-state index contributed by atoms with van der Waals surface area (Å²) < 4.78 is 2.70. The number of nitrogen functional groups attached to an aromatic ring is 1. The van der Waals surface area contributed by atoms with Crippen molar-refractivity contribution in [2.45, 2.75) is 0 Å². The standard InChI is InChI=1S/C7H6IN5/c8-5-1-12-13(4-5)7-3-10-6(9)2-11-7/h1-4H,(H2,9,10). The Hall–Kier alpha value is -1.18. The summed E-state index contributed by atoms with van der Waals surface area (Å²) in [5, 5.41) is 4.08. The van der Waals surface area contributed by atoms with Gasteiger partial charge in [0.05, 0.1) is 22.2 Å². The number of aromatic nitrogens is 4. The minimum Gasteiger partial charge on any atom is -0.382 e. The fourth-order valence-corrected chi connectivity index (χ4v) is 1.26. The molecule has 0 aliphatic carbocycles. The Bertz CT molecular complexity index is 407. The van der Waals surface area contributed by atoms with E-state index < -0.39 is 0 Å². The molecule has 0 spiro atoms. The highest BCUT2D eigenvalue weighted by Crippen LogP contribution is 2.06. The molecular weight excluding hydrogens is 281 g/mol. The fraction of sp³-hybridized carbons (Fsp3) is 0. The summed E-state index contributed by atoms with van der Waals surface area (Å²) >= 11 is 2.18. The van der Waals surface area contributed by atoms with E-state index in [0.717, 1.165) is 3.57 Å². The van der Waals surface area contributed by atoms with E-state index in [9.17, 15) is 0 Å². The Kier molecular flexibility index (Phi) is 2.13. The quantitative estimate of drug-likeness (QED) is 0.789. The van der Waals surface area contributed by atoms with Crippen LogP contribution in [0.25, 0.3) is 5.82 Å². The molecular formula is C7H6IN5. The summed E-state index contributed by atoms with van der Waals surface area (Å²) in [6, 6.07) is 0. The lowest BCUT2D eigenvalue weighted by Crippen LogP contribution is -2.00. The van der Waals surface area contributed by atoms with Gasteiger partial charge in [0.25, 0.3) is 0 Å². The van der Waals surface area contributed by atoms with Crippen LogP contribution in [0.2, 0.25) is 0 Å². The summed E-state index contributed by atoms with van der Waals surface area (Å²) in [5.41, 5.74) is 5.41. The third-order valence-electron chi connectivity index (χ3n) is 1.44. The molecule has 0 bridgehead atoms. The van der Waals surface area contributed by atoms with E-state index >= 15 is 0 Å². The van der Waals surface area contributed by atoms with Crippen molar-refractivity contribution < 1.29 is 0 Å². The molecule has 0 aromatic carbocycles. The minimum atomic E-state index is 0.408. The first-order valence-electron chi connectivity index (χ1n) is 3.54. The number of rotatable bonds is 1. The fourth-order valence-electron chi connectivity index (χ4n) is 0.876. The van der Waals surface area contributed by atoms with Gasteiger partial charge in [0, 0.05) is 6.20 Å². The van der Waals surface area contributed by atoms with Gasteiger partial charge < -0.3 is 5.73 Å². The molecule has 2 aromatic heterocycles. The number of hydrogen-bond acceptors (Lipinski definition) is 4. The highest BCUT2D eigenvalue weighted by molar-refractivity contribution is 14.1. The van der Waals surface area contributed by atoms with Gasteiger partial charge in [-0.05, 0) is 22.6 Å². The SMILES string of the molecule is Nc1cnc(-n2cc(I)cn2)cn1. The second-order valence-corrected chi connectivity index (χ2v) is 3.65. The van der Waals surface area contributed by atoms with E-state index in [4.69, 9.17) is 5.73 Å². The Morgan fingerprint density at radius 1 is 1.23 bits per heavy atom. The predicted octanol–water partition coefficient (Wildman–Crippen LogP) is 0.849. The van der Waals surface area contributed by atoms with Crippen molar-refractivity contribution in [3.63, 3.8) is 0 Å². The molecule has 0 fully saturated rings. The minimum absolute atomic E-state index is 0.408. The molecule has 0 unspecified atom stereocenters. The zero-order valence-corrected chi connectivity index (χ0v) is 8.71. The molecule has 2 N–H and O–H groups in total. The third-order valence-corrected chi connectivity index (χ3v) is 2.00. The molecule has 2 heterocycles. The van der Waals surface area contributed by atoms with Crippen molar-refractivity contribution in [1.29, 1.82) is 0 Å². The van der Waals surface area contributed by atoms with E-state index in [0.29, 0.717) is 11.6 Å². The van der Waals surface area contributed by atoms with Crippen LogP contribution < -0.4 is 5.73 Å². The third kappa shape index (κ3) is 1.77. The lowest BCUT2D eigenvalue weighted by Gasteiger charge is -1.98. The Morgan fingerprint density at radius 2 is 2.08 bits per heavy atom. The molecule has 0 aliphatic heterocycles. The van der Waals surface area contributed by atoms with Gasteiger partial charge in [-0.15, -0.1) is 0 Å². The summed E-state index contributed by atoms with van der Waals surface area (Å²) in [5.74, 6) is 1.07. The summed E-state index contributed by atoms with van der Waals surface area (Å²) in [6.07, 6.45) is 6.70. The lowest BCUT2D eigenvalue weighted by molar-refractivity contribution is 0.839. The van der Waals surface area contributed by atoms with Crippen molar-refractivity contribution in [1.82, 2.24) is 19.7 Å². The molecule has 0 atom stereocenters. The molecule has 66 valence electrons. The van der Waals surface area contributed by atoms with E-state index in [2.05, 4.69) is 37.7 Å². The molecule has 2 rings (SSSR count). The van der Waals surface area contributed by atoms with Gasteiger partial charge in [-0.3, -0.25) is 0 Å². The number of hydrogen-bond donors (Lipinski definition) is 1. The van der Waals surface area contributed by atoms with Crippen LogP contribution >= 0.6 is 22.6 Å². The molecule has 0 amide bonds. The first-order chi connectivity index (χ1) is 6.25. The van der Waals surface area contributed by atoms with Crippen LogP contribution in [0.1, 0.15) is 0 Å². The van der Waals surface area contributed by atoms with Gasteiger partial charge in [0.2, 0.25) is 0 Å². The molecule has 2 aromatic rings. The van der Waals surface area contributed by atoms with Crippen LogP contribution in [0.15, 0.2) is 24.8 Å². The first-order valence-corrected chi connectivity index (χ1v) is 4.61. The summed E-state index contributed by atoms with van der Waals surface area (Å²) in [6.45, 7) is 0. The van der Waals surface area contributed by atoms with Crippen LogP contribution in [-0.2, 0) is 0 Å². The van der Waals surface area contributed by atoms with Crippen LogP contribution in [0, 0.1) is 3.57 Å². The second-order valence-electron chi connectivity index (χ2n) is 2.40. The zero-order chi connectivity index (χ0) is 9.26. The van der Waals surface area contributed by atoms with E-state index in [1.165, 1.54) is 6.20 Å². The monoisotopic (exact) mass is 287 g/mol.